The van der Waals surface area contributed by atoms with E-state index in [1.165, 1.54) is 5.69 Å². The van der Waals surface area contributed by atoms with Crippen LogP contribution in [-0.4, -0.2) is 40.7 Å². The minimum absolute atomic E-state index is 0.566. The zero-order chi connectivity index (χ0) is 18.8. The van der Waals surface area contributed by atoms with Gasteiger partial charge in [0.2, 0.25) is 0 Å². The molecule has 0 atom stereocenters. The van der Waals surface area contributed by atoms with Gasteiger partial charge in [0.15, 0.2) is 11.5 Å². The van der Waals surface area contributed by atoms with E-state index in [0.717, 1.165) is 54.8 Å². The second kappa shape index (κ2) is 7.36. The fourth-order valence-corrected chi connectivity index (χ4v) is 3.51. The van der Waals surface area contributed by atoms with Crippen molar-refractivity contribution in [1.82, 2.24) is 14.4 Å². The Kier molecular flexibility index (Phi) is 4.42. The Hall–Kier alpha value is -3.32. The van der Waals surface area contributed by atoms with E-state index in [4.69, 9.17) is 9.15 Å². The lowest BCUT2D eigenvalue weighted by Gasteiger charge is -2.28. The number of furan rings is 1. The van der Waals surface area contributed by atoms with Crippen LogP contribution in [0.3, 0.4) is 0 Å². The average Bonchev–Trinajstić information content (AvgIpc) is 3.45. The summed E-state index contributed by atoms with van der Waals surface area (Å²) in [4.78, 5) is 11.4. The number of anilines is 2. The maximum absolute atomic E-state index is 5.44. The van der Waals surface area contributed by atoms with Crippen molar-refractivity contribution >= 4 is 17.2 Å². The molecule has 142 valence electrons. The molecule has 3 aromatic heterocycles. The number of benzene rings is 1. The van der Waals surface area contributed by atoms with Gasteiger partial charge in [-0.2, -0.15) is 0 Å². The Balaban J connectivity index is 1.41. The lowest BCUT2D eigenvalue weighted by atomic mass is 10.1. The summed E-state index contributed by atoms with van der Waals surface area (Å²) < 4.78 is 12.9. The maximum Gasteiger partial charge on any atom is 0.180 e. The summed E-state index contributed by atoms with van der Waals surface area (Å²) in [5, 5.41) is 3.30. The third kappa shape index (κ3) is 3.20. The Morgan fingerprint density at radius 3 is 2.68 bits per heavy atom. The molecule has 0 bridgehead atoms. The first kappa shape index (κ1) is 16.8. The second-order valence-corrected chi connectivity index (χ2v) is 6.69. The molecule has 4 aromatic rings. The maximum atomic E-state index is 5.44. The lowest BCUT2D eigenvalue weighted by molar-refractivity contribution is 0.122. The molecule has 0 unspecified atom stereocenters. The van der Waals surface area contributed by atoms with E-state index >= 15 is 0 Å². The van der Waals surface area contributed by atoms with Crippen molar-refractivity contribution in [2.24, 2.45) is 0 Å². The van der Waals surface area contributed by atoms with Crippen LogP contribution in [0.15, 0.2) is 65.7 Å². The molecule has 0 radical (unpaired) electrons. The molecule has 7 heteroatoms. The number of hydrogen-bond donors (Lipinski definition) is 1. The standard InChI is InChI=1S/C21H21N5O2/c1-2-18(28-11-1)14-23-20-21-22-7-8-26(21)19(15-24-20)16-3-5-17(6-4-16)25-9-12-27-13-10-25/h1-8,11,15H,9-10,12-14H2,(H,23,24). The van der Waals surface area contributed by atoms with Crippen molar-refractivity contribution in [3.05, 3.63) is 67.0 Å². The summed E-state index contributed by atoms with van der Waals surface area (Å²) in [6.07, 6.45) is 7.29. The highest BCUT2D eigenvalue weighted by atomic mass is 16.5. The molecule has 0 spiro atoms. The first-order chi connectivity index (χ1) is 13.9. The predicted octanol–water partition coefficient (Wildman–Crippen LogP) is 3.44. The van der Waals surface area contributed by atoms with Crippen molar-refractivity contribution < 1.29 is 9.15 Å². The molecule has 28 heavy (non-hydrogen) atoms. The highest BCUT2D eigenvalue weighted by Crippen LogP contribution is 2.26. The minimum Gasteiger partial charge on any atom is -0.467 e. The predicted molar refractivity (Wildman–Crippen MR) is 107 cm³/mol. The van der Waals surface area contributed by atoms with Crippen LogP contribution in [0, 0.1) is 0 Å². The first-order valence-corrected chi connectivity index (χ1v) is 9.40. The van der Waals surface area contributed by atoms with Crippen LogP contribution in [0.5, 0.6) is 0 Å². The van der Waals surface area contributed by atoms with Gasteiger partial charge in [-0.3, -0.25) is 4.40 Å². The third-order valence-electron chi connectivity index (χ3n) is 4.98. The molecular formula is C21H21N5O2. The molecule has 0 saturated carbocycles. The van der Waals surface area contributed by atoms with E-state index in [1.54, 1.807) is 12.5 Å². The summed E-state index contributed by atoms with van der Waals surface area (Å²) >= 11 is 0. The number of ether oxygens (including phenoxy) is 1. The van der Waals surface area contributed by atoms with Crippen LogP contribution in [0.1, 0.15) is 5.76 Å². The van der Waals surface area contributed by atoms with Crippen LogP contribution in [0.4, 0.5) is 11.5 Å². The number of hydrogen-bond acceptors (Lipinski definition) is 6. The Bertz CT molecular complexity index is 1050. The molecule has 0 aliphatic carbocycles. The van der Waals surface area contributed by atoms with Gasteiger partial charge in [-0.05, 0) is 24.3 Å². The molecule has 5 rings (SSSR count). The smallest absolute Gasteiger partial charge is 0.180 e. The number of rotatable bonds is 5. The van der Waals surface area contributed by atoms with Crippen LogP contribution in [-0.2, 0) is 11.3 Å². The normalized spacial score (nSPS) is 14.5. The van der Waals surface area contributed by atoms with Gasteiger partial charge < -0.3 is 19.4 Å². The second-order valence-electron chi connectivity index (χ2n) is 6.69. The fraction of sp³-hybridized carbons (Fsp3) is 0.238. The van der Waals surface area contributed by atoms with Crippen molar-refractivity contribution in [2.75, 3.05) is 36.5 Å². The van der Waals surface area contributed by atoms with Crippen LogP contribution in [0.2, 0.25) is 0 Å². The van der Waals surface area contributed by atoms with E-state index < -0.39 is 0 Å². The van der Waals surface area contributed by atoms with Crippen molar-refractivity contribution in [3.63, 3.8) is 0 Å². The van der Waals surface area contributed by atoms with Gasteiger partial charge in [-0.1, -0.05) is 12.1 Å². The topological polar surface area (TPSA) is 67.8 Å². The number of imidazole rings is 1. The zero-order valence-corrected chi connectivity index (χ0v) is 15.4. The minimum atomic E-state index is 0.566. The summed E-state index contributed by atoms with van der Waals surface area (Å²) in [5.74, 6) is 1.59. The number of morpholine rings is 1. The quantitative estimate of drug-likeness (QED) is 0.576. The number of fused-ring (bicyclic) bond motifs is 1. The van der Waals surface area contributed by atoms with Gasteiger partial charge >= 0.3 is 0 Å². The third-order valence-corrected chi connectivity index (χ3v) is 4.98. The summed E-state index contributed by atoms with van der Waals surface area (Å²) in [6.45, 7) is 4.00. The monoisotopic (exact) mass is 375 g/mol. The van der Waals surface area contributed by atoms with E-state index in [2.05, 4.69) is 48.9 Å². The Morgan fingerprint density at radius 2 is 1.89 bits per heavy atom. The SMILES string of the molecule is c1coc(CNc2ncc(-c3ccc(N4CCOCC4)cc3)n3ccnc23)c1. The van der Waals surface area contributed by atoms with Gasteiger partial charge in [-0.15, -0.1) is 0 Å². The van der Waals surface area contributed by atoms with Gasteiger partial charge in [0.1, 0.15) is 5.76 Å². The Labute approximate surface area is 162 Å². The molecule has 4 heterocycles. The molecule has 1 aromatic carbocycles. The number of nitrogens with zero attached hydrogens (tertiary/aromatic N) is 4. The molecule has 1 saturated heterocycles. The van der Waals surface area contributed by atoms with Crippen molar-refractivity contribution in [1.29, 1.82) is 0 Å². The summed E-state index contributed by atoms with van der Waals surface area (Å²) in [6, 6.07) is 12.4. The van der Waals surface area contributed by atoms with Gasteiger partial charge in [0.05, 0.1) is 37.9 Å². The largest absolute Gasteiger partial charge is 0.467 e. The van der Waals surface area contributed by atoms with E-state index in [9.17, 15) is 0 Å². The molecule has 1 fully saturated rings. The fourth-order valence-electron chi connectivity index (χ4n) is 3.51. The van der Waals surface area contributed by atoms with E-state index in [1.807, 2.05) is 24.5 Å². The molecule has 1 N–H and O–H groups in total. The van der Waals surface area contributed by atoms with Gasteiger partial charge in [0.25, 0.3) is 0 Å². The molecule has 0 amide bonds. The summed E-state index contributed by atoms with van der Waals surface area (Å²) in [5.41, 5.74) is 4.12. The van der Waals surface area contributed by atoms with Crippen molar-refractivity contribution in [2.45, 2.75) is 6.54 Å². The number of nitrogens with one attached hydrogen (secondary N) is 1. The van der Waals surface area contributed by atoms with E-state index in [0.29, 0.717) is 6.54 Å². The average molecular weight is 375 g/mol. The molecule has 1 aliphatic rings. The van der Waals surface area contributed by atoms with Crippen LogP contribution < -0.4 is 10.2 Å². The highest BCUT2D eigenvalue weighted by Gasteiger charge is 2.13. The number of aromatic nitrogens is 3. The van der Waals surface area contributed by atoms with Crippen LogP contribution in [0.25, 0.3) is 16.9 Å². The van der Waals surface area contributed by atoms with Gasteiger partial charge in [0, 0.05) is 36.7 Å². The lowest BCUT2D eigenvalue weighted by Crippen LogP contribution is -2.36. The first-order valence-electron chi connectivity index (χ1n) is 9.40. The Morgan fingerprint density at radius 1 is 1.04 bits per heavy atom. The summed E-state index contributed by atoms with van der Waals surface area (Å²) in [7, 11) is 0. The highest BCUT2D eigenvalue weighted by molar-refractivity contribution is 5.71. The van der Waals surface area contributed by atoms with Gasteiger partial charge in [-0.25, -0.2) is 9.97 Å². The van der Waals surface area contributed by atoms with E-state index in [-0.39, 0.29) is 0 Å². The van der Waals surface area contributed by atoms with Crippen LogP contribution >= 0.6 is 0 Å². The van der Waals surface area contributed by atoms with Crippen molar-refractivity contribution in [3.8, 4) is 11.3 Å². The molecule has 1 aliphatic heterocycles. The molecule has 7 nitrogen and oxygen atoms in total. The zero-order valence-electron chi connectivity index (χ0n) is 15.4. The molecular weight excluding hydrogens is 354 g/mol.